The zero-order valence-corrected chi connectivity index (χ0v) is 17.5. The van der Waals surface area contributed by atoms with Crippen molar-refractivity contribution in [2.24, 2.45) is 0 Å². The van der Waals surface area contributed by atoms with E-state index in [1.54, 1.807) is 18.2 Å². The van der Waals surface area contributed by atoms with Crippen LogP contribution in [0.2, 0.25) is 0 Å². The van der Waals surface area contributed by atoms with Gasteiger partial charge in [-0.05, 0) is 59.2 Å². The minimum Gasteiger partial charge on any atom is -0.488 e. The first-order chi connectivity index (χ1) is 14.6. The van der Waals surface area contributed by atoms with Crippen molar-refractivity contribution in [3.05, 3.63) is 99.8 Å². The van der Waals surface area contributed by atoms with Crippen molar-refractivity contribution >= 4 is 38.5 Å². The monoisotopic (exact) mass is 460 g/mol. The highest BCUT2D eigenvalue weighted by atomic mass is 79.9. The fourth-order valence-corrected chi connectivity index (χ4v) is 4.15. The second-order valence-electron chi connectivity index (χ2n) is 7.11. The number of allylic oxidation sites excluding steroid dienone is 1. The average Bonchev–Trinajstić information content (AvgIpc) is 3.10. The fraction of sp³-hybridized carbons (Fsp3) is 0.0833. The van der Waals surface area contributed by atoms with Crippen molar-refractivity contribution in [2.45, 2.75) is 13.2 Å². The SMILES string of the molecule is O=C(O)c1ccc2c(c1)C(=CCn1cnc3ccccc31)c1cc(Br)ccc1CO2. The second-order valence-corrected chi connectivity index (χ2v) is 8.03. The number of hydrogen-bond acceptors (Lipinski definition) is 3. The third kappa shape index (κ3) is 3.29. The molecule has 5 rings (SSSR count). The Balaban J connectivity index is 1.68. The van der Waals surface area contributed by atoms with Gasteiger partial charge in [-0.25, -0.2) is 9.78 Å². The van der Waals surface area contributed by atoms with Crippen LogP contribution in [-0.2, 0) is 13.2 Å². The lowest BCUT2D eigenvalue weighted by molar-refractivity contribution is 0.0697. The Labute approximate surface area is 181 Å². The minimum atomic E-state index is -0.962. The van der Waals surface area contributed by atoms with Gasteiger partial charge in [-0.3, -0.25) is 0 Å². The number of halogens is 1. The molecule has 148 valence electrons. The smallest absolute Gasteiger partial charge is 0.335 e. The molecule has 0 amide bonds. The summed E-state index contributed by atoms with van der Waals surface area (Å²) in [7, 11) is 0. The topological polar surface area (TPSA) is 64.3 Å². The summed E-state index contributed by atoms with van der Waals surface area (Å²) in [5.41, 5.74) is 6.01. The van der Waals surface area contributed by atoms with E-state index in [1.165, 1.54) is 0 Å². The van der Waals surface area contributed by atoms with Crippen LogP contribution in [0.3, 0.4) is 0 Å². The predicted molar refractivity (Wildman–Crippen MR) is 119 cm³/mol. The van der Waals surface area contributed by atoms with Gasteiger partial charge in [0.25, 0.3) is 0 Å². The van der Waals surface area contributed by atoms with Crippen LogP contribution in [-0.4, -0.2) is 20.6 Å². The van der Waals surface area contributed by atoms with E-state index in [9.17, 15) is 9.90 Å². The molecule has 0 aliphatic carbocycles. The maximum absolute atomic E-state index is 11.6. The highest BCUT2D eigenvalue weighted by molar-refractivity contribution is 9.10. The highest BCUT2D eigenvalue weighted by Crippen LogP contribution is 2.38. The Morgan fingerprint density at radius 2 is 2.00 bits per heavy atom. The zero-order chi connectivity index (χ0) is 20.7. The molecule has 0 atom stereocenters. The Morgan fingerprint density at radius 3 is 2.87 bits per heavy atom. The van der Waals surface area contributed by atoms with Crippen molar-refractivity contribution in [2.75, 3.05) is 0 Å². The van der Waals surface area contributed by atoms with Crippen molar-refractivity contribution in [1.82, 2.24) is 9.55 Å². The molecule has 1 aromatic heterocycles. The number of benzene rings is 3. The minimum absolute atomic E-state index is 0.231. The van der Waals surface area contributed by atoms with Crippen LogP contribution >= 0.6 is 15.9 Å². The largest absolute Gasteiger partial charge is 0.488 e. The summed E-state index contributed by atoms with van der Waals surface area (Å²) in [6, 6.07) is 19.1. The lowest BCUT2D eigenvalue weighted by Crippen LogP contribution is -2.00. The molecule has 0 radical (unpaired) electrons. The standard InChI is InChI=1S/C24H17BrN2O3/c25-17-7-5-16-13-30-23-8-6-15(24(28)29)11-20(23)18(19(16)12-17)9-10-27-14-26-21-3-1-2-4-22(21)27/h1-9,11-12,14H,10,13H2,(H,28,29). The zero-order valence-electron chi connectivity index (χ0n) is 15.9. The van der Waals surface area contributed by atoms with Gasteiger partial charge in [0.05, 0.1) is 22.9 Å². The summed E-state index contributed by atoms with van der Waals surface area (Å²) in [4.78, 5) is 16.1. The summed E-state index contributed by atoms with van der Waals surface area (Å²) in [6.45, 7) is 1.02. The van der Waals surface area contributed by atoms with Crippen molar-refractivity contribution in [3.8, 4) is 5.75 Å². The number of imidazole rings is 1. The maximum atomic E-state index is 11.6. The molecule has 0 spiro atoms. The molecule has 4 aromatic rings. The molecule has 6 heteroatoms. The van der Waals surface area contributed by atoms with Crippen LogP contribution in [0.4, 0.5) is 0 Å². The molecular weight excluding hydrogens is 444 g/mol. The third-order valence-electron chi connectivity index (χ3n) is 5.28. The Bertz CT molecular complexity index is 1320. The quantitative estimate of drug-likeness (QED) is 0.436. The molecule has 2 heterocycles. The number of carbonyl (C=O) groups is 1. The number of ether oxygens (including phenoxy) is 1. The second kappa shape index (κ2) is 7.46. The molecule has 0 saturated carbocycles. The molecule has 1 aliphatic heterocycles. The number of aromatic carboxylic acids is 1. The molecule has 5 nitrogen and oxygen atoms in total. The first-order valence-corrected chi connectivity index (χ1v) is 10.3. The lowest BCUT2D eigenvalue weighted by Gasteiger charge is -2.12. The molecule has 0 fully saturated rings. The highest BCUT2D eigenvalue weighted by Gasteiger charge is 2.21. The van der Waals surface area contributed by atoms with Gasteiger partial charge in [-0.15, -0.1) is 0 Å². The summed E-state index contributed by atoms with van der Waals surface area (Å²) in [5.74, 6) is -0.287. The lowest BCUT2D eigenvalue weighted by atomic mass is 9.93. The summed E-state index contributed by atoms with van der Waals surface area (Å²) >= 11 is 3.57. The van der Waals surface area contributed by atoms with Gasteiger partial charge in [-0.2, -0.15) is 0 Å². The number of nitrogens with zero attached hydrogens (tertiary/aromatic N) is 2. The first kappa shape index (κ1) is 18.6. The molecule has 0 bridgehead atoms. The summed E-state index contributed by atoms with van der Waals surface area (Å²) in [6.07, 6.45) is 3.93. The number of para-hydroxylation sites is 2. The third-order valence-corrected chi connectivity index (χ3v) is 5.77. The fourth-order valence-electron chi connectivity index (χ4n) is 3.79. The predicted octanol–water partition coefficient (Wildman–Crippen LogP) is 5.52. The van der Waals surface area contributed by atoms with Crippen LogP contribution < -0.4 is 4.74 Å². The van der Waals surface area contributed by atoms with Crippen LogP contribution in [0.5, 0.6) is 5.75 Å². The summed E-state index contributed by atoms with van der Waals surface area (Å²) < 4.78 is 9.05. The van der Waals surface area contributed by atoms with Gasteiger partial charge >= 0.3 is 5.97 Å². The van der Waals surface area contributed by atoms with Crippen LogP contribution in [0.25, 0.3) is 16.6 Å². The molecule has 0 unspecified atom stereocenters. The van der Waals surface area contributed by atoms with E-state index in [2.05, 4.69) is 37.6 Å². The average molecular weight is 461 g/mol. The van der Waals surface area contributed by atoms with E-state index in [1.807, 2.05) is 42.7 Å². The van der Waals surface area contributed by atoms with E-state index >= 15 is 0 Å². The number of carboxylic acids is 1. The van der Waals surface area contributed by atoms with E-state index in [4.69, 9.17) is 4.74 Å². The Kier molecular flexibility index (Phi) is 4.64. The number of carboxylic acid groups (broad SMARTS) is 1. The number of hydrogen-bond donors (Lipinski definition) is 1. The van der Waals surface area contributed by atoms with E-state index in [-0.39, 0.29) is 5.56 Å². The van der Waals surface area contributed by atoms with E-state index < -0.39 is 5.97 Å². The number of rotatable bonds is 3. The van der Waals surface area contributed by atoms with Gasteiger partial charge in [0.2, 0.25) is 0 Å². The van der Waals surface area contributed by atoms with Gasteiger partial charge in [-0.1, -0.05) is 40.2 Å². The van der Waals surface area contributed by atoms with Crippen molar-refractivity contribution in [3.63, 3.8) is 0 Å². The van der Waals surface area contributed by atoms with Crippen molar-refractivity contribution in [1.29, 1.82) is 0 Å². The normalized spacial score (nSPS) is 14.1. The Morgan fingerprint density at radius 1 is 1.13 bits per heavy atom. The molecule has 0 saturated heterocycles. The van der Waals surface area contributed by atoms with Crippen LogP contribution in [0.1, 0.15) is 27.0 Å². The van der Waals surface area contributed by atoms with Crippen LogP contribution in [0.15, 0.2) is 77.5 Å². The van der Waals surface area contributed by atoms with E-state index in [0.717, 1.165) is 37.8 Å². The van der Waals surface area contributed by atoms with Crippen molar-refractivity contribution < 1.29 is 14.6 Å². The first-order valence-electron chi connectivity index (χ1n) is 9.49. The summed E-state index contributed by atoms with van der Waals surface area (Å²) in [5, 5.41) is 9.50. The van der Waals surface area contributed by atoms with Gasteiger partial charge in [0, 0.05) is 16.6 Å². The molecule has 3 aromatic carbocycles. The van der Waals surface area contributed by atoms with Gasteiger partial charge < -0.3 is 14.4 Å². The Hall–Kier alpha value is -3.38. The number of aromatic nitrogens is 2. The van der Waals surface area contributed by atoms with Gasteiger partial charge in [0.1, 0.15) is 12.4 Å². The number of fused-ring (bicyclic) bond motifs is 3. The maximum Gasteiger partial charge on any atom is 0.335 e. The molecular formula is C24H17BrN2O3. The van der Waals surface area contributed by atoms with E-state index in [0.29, 0.717) is 18.9 Å². The molecule has 30 heavy (non-hydrogen) atoms. The van der Waals surface area contributed by atoms with Gasteiger partial charge in [0.15, 0.2) is 0 Å². The van der Waals surface area contributed by atoms with Crippen LogP contribution in [0, 0.1) is 0 Å². The molecule has 1 aliphatic rings. The molecule has 1 N–H and O–H groups in total.